The van der Waals surface area contributed by atoms with Gasteiger partial charge in [0.15, 0.2) is 10.9 Å². The van der Waals surface area contributed by atoms with Gasteiger partial charge in [0.2, 0.25) is 0 Å². The van der Waals surface area contributed by atoms with E-state index in [9.17, 15) is 14.4 Å². The largest absolute Gasteiger partial charge is 0.298 e. The lowest BCUT2D eigenvalue weighted by Crippen LogP contribution is -2.54. The normalized spacial score (nSPS) is 15.2. The Morgan fingerprint density at radius 1 is 0.871 bits per heavy atom. The van der Waals surface area contributed by atoms with Gasteiger partial charge in [-0.1, -0.05) is 66.2 Å². The number of benzene rings is 3. The van der Waals surface area contributed by atoms with E-state index in [2.05, 4.69) is 5.32 Å². The van der Waals surface area contributed by atoms with E-state index in [1.807, 2.05) is 42.5 Å². The summed E-state index contributed by atoms with van der Waals surface area (Å²) in [5, 5.41) is 2.89. The molecule has 1 N–H and O–H groups in total. The first kappa shape index (κ1) is 20.7. The van der Waals surface area contributed by atoms with Crippen molar-refractivity contribution in [1.29, 1.82) is 0 Å². The van der Waals surface area contributed by atoms with Crippen molar-refractivity contribution >= 4 is 52.2 Å². The Bertz CT molecular complexity index is 1220. The van der Waals surface area contributed by atoms with Crippen LogP contribution in [-0.2, 0) is 9.59 Å². The second-order valence-electron chi connectivity index (χ2n) is 6.74. The summed E-state index contributed by atoms with van der Waals surface area (Å²) in [6.45, 7) is 0. The Morgan fingerprint density at radius 3 is 2.13 bits per heavy atom. The molecule has 0 spiro atoms. The number of anilines is 1. The summed E-state index contributed by atoms with van der Waals surface area (Å²) in [7, 11) is 0. The van der Waals surface area contributed by atoms with Crippen molar-refractivity contribution in [2.75, 3.05) is 4.90 Å². The third-order valence-corrected chi connectivity index (χ3v) is 5.28. The molecule has 1 aliphatic heterocycles. The van der Waals surface area contributed by atoms with Gasteiger partial charge in [0, 0.05) is 16.7 Å². The van der Waals surface area contributed by atoms with Crippen LogP contribution < -0.4 is 10.2 Å². The second kappa shape index (κ2) is 8.63. The van der Waals surface area contributed by atoms with Gasteiger partial charge in [-0.05, 0) is 47.6 Å². The zero-order valence-electron chi connectivity index (χ0n) is 16.0. The molecule has 0 unspecified atom stereocenters. The van der Waals surface area contributed by atoms with Crippen molar-refractivity contribution in [3.05, 3.63) is 101 Å². The zero-order valence-corrected chi connectivity index (χ0v) is 17.6. The lowest BCUT2D eigenvalue weighted by Gasteiger charge is -2.28. The molecule has 3 aromatic carbocycles. The summed E-state index contributed by atoms with van der Waals surface area (Å²) in [6.07, 6.45) is 1.04. The van der Waals surface area contributed by atoms with Gasteiger partial charge in [-0.3, -0.25) is 24.6 Å². The highest BCUT2D eigenvalue weighted by Crippen LogP contribution is 2.24. The van der Waals surface area contributed by atoms with Crippen LogP contribution in [0.3, 0.4) is 0 Å². The lowest BCUT2D eigenvalue weighted by atomic mass is 10.0. The van der Waals surface area contributed by atoms with Crippen LogP contribution in [0.25, 0.3) is 11.1 Å². The van der Waals surface area contributed by atoms with Crippen LogP contribution in [-0.4, -0.2) is 22.7 Å². The number of hydrogen-bond donors (Lipinski definition) is 1. The summed E-state index contributed by atoms with van der Waals surface area (Å²) >= 11 is 11.0. The molecule has 0 aliphatic carbocycles. The number of halogens is 1. The minimum Gasteiger partial charge on any atom is -0.298 e. The van der Waals surface area contributed by atoms with E-state index in [4.69, 9.17) is 23.8 Å². The molecule has 0 radical (unpaired) electrons. The highest BCUT2D eigenvalue weighted by atomic mass is 35.5. The van der Waals surface area contributed by atoms with Gasteiger partial charge in [-0.25, -0.2) is 0 Å². The Balaban J connectivity index is 1.61. The molecule has 152 valence electrons. The Labute approximate surface area is 188 Å². The summed E-state index contributed by atoms with van der Waals surface area (Å²) in [4.78, 5) is 39.2. The minimum absolute atomic E-state index is 0.0610. The van der Waals surface area contributed by atoms with E-state index >= 15 is 0 Å². The molecule has 5 nitrogen and oxygen atoms in total. The molecular formula is C24H15ClN2O3S. The Hall–Kier alpha value is -3.61. The van der Waals surface area contributed by atoms with Gasteiger partial charge < -0.3 is 0 Å². The molecule has 31 heavy (non-hydrogen) atoms. The number of carbonyl (C=O) groups is 3. The molecule has 0 saturated carbocycles. The predicted octanol–water partition coefficient (Wildman–Crippen LogP) is 4.56. The standard InChI is InChI=1S/C24H15ClN2O3S/c25-18-10-12-19(13-11-18)27-23(30)20(22(29)26-24(27)31)14-21(28)17-8-6-16(7-9-17)15-4-2-1-3-5-15/h1-14H,(H,26,29,31). The van der Waals surface area contributed by atoms with Crippen LogP contribution >= 0.6 is 23.8 Å². The van der Waals surface area contributed by atoms with Gasteiger partial charge in [-0.15, -0.1) is 0 Å². The number of nitrogens with zero attached hydrogens (tertiary/aromatic N) is 1. The van der Waals surface area contributed by atoms with E-state index in [0.717, 1.165) is 22.1 Å². The fourth-order valence-corrected chi connectivity index (χ4v) is 3.56. The number of nitrogens with one attached hydrogen (secondary N) is 1. The molecule has 4 rings (SSSR count). The highest BCUT2D eigenvalue weighted by Gasteiger charge is 2.35. The molecule has 1 saturated heterocycles. The van der Waals surface area contributed by atoms with Crippen molar-refractivity contribution in [2.45, 2.75) is 0 Å². The second-order valence-corrected chi connectivity index (χ2v) is 7.57. The van der Waals surface area contributed by atoms with E-state index in [1.165, 1.54) is 0 Å². The molecule has 1 aliphatic rings. The first-order valence-corrected chi connectivity index (χ1v) is 10.1. The molecule has 0 aromatic heterocycles. The smallest absolute Gasteiger partial charge is 0.270 e. The van der Waals surface area contributed by atoms with Crippen LogP contribution in [0.15, 0.2) is 90.5 Å². The van der Waals surface area contributed by atoms with Crippen LogP contribution in [0.5, 0.6) is 0 Å². The molecule has 2 amide bonds. The molecular weight excluding hydrogens is 432 g/mol. The Morgan fingerprint density at radius 2 is 1.48 bits per heavy atom. The van der Waals surface area contributed by atoms with E-state index in [0.29, 0.717) is 16.3 Å². The van der Waals surface area contributed by atoms with Gasteiger partial charge in [0.1, 0.15) is 5.57 Å². The summed E-state index contributed by atoms with van der Waals surface area (Å²) in [6, 6.07) is 23.1. The molecule has 3 aromatic rings. The van der Waals surface area contributed by atoms with Crippen molar-refractivity contribution in [3.8, 4) is 11.1 Å². The fourth-order valence-electron chi connectivity index (χ4n) is 3.15. The summed E-state index contributed by atoms with van der Waals surface area (Å²) in [5.74, 6) is -1.85. The fraction of sp³-hybridized carbons (Fsp3) is 0. The van der Waals surface area contributed by atoms with Crippen molar-refractivity contribution in [2.24, 2.45) is 0 Å². The van der Waals surface area contributed by atoms with E-state index in [-0.39, 0.29) is 10.7 Å². The first-order chi connectivity index (χ1) is 14.9. The maximum atomic E-state index is 13.0. The highest BCUT2D eigenvalue weighted by molar-refractivity contribution is 7.80. The van der Waals surface area contributed by atoms with Crippen LogP contribution in [0.1, 0.15) is 10.4 Å². The Kier molecular flexibility index (Phi) is 5.75. The van der Waals surface area contributed by atoms with E-state index in [1.54, 1.807) is 36.4 Å². The lowest BCUT2D eigenvalue weighted by molar-refractivity contribution is -0.122. The third-order valence-electron chi connectivity index (χ3n) is 4.74. The van der Waals surface area contributed by atoms with Gasteiger partial charge in [0.05, 0.1) is 5.69 Å². The van der Waals surface area contributed by atoms with Crippen LogP contribution in [0, 0.1) is 0 Å². The maximum Gasteiger partial charge on any atom is 0.270 e. The molecule has 1 fully saturated rings. The number of allylic oxidation sites excluding steroid dienone is 1. The number of thiocarbonyl (C=S) groups is 1. The number of ketones is 1. The summed E-state index contributed by atoms with van der Waals surface area (Å²) in [5.41, 5.74) is 2.48. The average molecular weight is 447 g/mol. The molecule has 1 heterocycles. The maximum absolute atomic E-state index is 13.0. The number of carbonyl (C=O) groups excluding carboxylic acids is 3. The monoisotopic (exact) mass is 446 g/mol. The molecule has 0 bridgehead atoms. The molecule has 0 atom stereocenters. The topological polar surface area (TPSA) is 66.5 Å². The van der Waals surface area contributed by atoms with Crippen LogP contribution in [0.4, 0.5) is 5.69 Å². The van der Waals surface area contributed by atoms with Gasteiger partial charge >= 0.3 is 0 Å². The van der Waals surface area contributed by atoms with Gasteiger partial charge in [-0.2, -0.15) is 0 Å². The van der Waals surface area contributed by atoms with Crippen molar-refractivity contribution in [1.82, 2.24) is 5.32 Å². The zero-order chi connectivity index (χ0) is 22.0. The summed E-state index contributed by atoms with van der Waals surface area (Å²) < 4.78 is 0. The number of rotatable bonds is 4. The van der Waals surface area contributed by atoms with Gasteiger partial charge in [0.25, 0.3) is 11.8 Å². The number of hydrogen-bond acceptors (Lipinski definition) is 4. The first-order valence-electron chi connectivity index (χ1n) is 9.31. The number of amides is 2. The molecule has 7 heteroatoms. The SMILES string of the molecule is O=C1NC(=S)N(c2ccc(Cl)cc2)C(=O)C1=CC(=O)c1ccc(-c2ccccc2)cc1. The quantitative estimate of drug-likeness (QED) is 0.276. The minimum atomic E-state index is -0.713. The van der Waals surface area contributed by atoms with Crippen molar-refractivity contribution in [3.63, 3.8) is 0 Å². The average Bonchev–Trinajstić information content (AvgIpc) is 2.78. The third kappa shape index (κ3) is 4.30. The van der Waals surface area contributed by atoms with E-state index < -0.39 is 17.6 Å². The predicted molar refractivity (Wildman–Crippen MR) is 124 cm³/mol. The van der Waals surface area contributed by atoms with Crippen molar-refractivity contribution < 1.29 is 14.4 Å². The van der Waals surface area contributed by atoms with Crippen LogP contribution in [0.2, 0.25) is 5.02 Å².